The molecule has 2 atom stereocenters. The molecule has 0 saturated carbocycles. The van der Waals surface area contributed by atoms with Crippen LogP contribution in [0.3, 0.4) is 0 Å². The molecule has 194 valence electrons. The van der Waals surface area contributed by atoms with Crippen LogP contribution in [0, 0.1) is 13.8 Å². The lowest BCUT2D eigenvalue weighted by Gasteiger charge is -2.28. The molecule has 0 spiro atoms. The summed E-state index contributed by atoms with van der Waals surface area (Å²) < 4.78 is 7.13. The molecule has 4 aromatic rings. The van der Waals surface area contributed by atoms with E-state index in [4.69, 9.17) is 28.6 Å². The van der Waals surface area contributed by atoms with Crippen LogP contribution in [0.4, 0.5) is 11.4 Å². The Morgan fingerprint density at radius 2 is 1.87 bits per heavy atom. The molecule has 1 fully saturated rings. The largest absolute Gasteiger partial charge is 0.375 e. The van der Waals surface area contributed by atoms with E-state index >= 15 is 0 Å². The molecule has 2 aromatic carbocycles. The van der Waals surface area contributed by atoms with Gasteiger partial charge in [-0.25, -0.2) is 0 Å². The maximum absolute atomic E-state index is 12.0. The summed E-state index contributed by atoms with van der Waals surface area (Å²) >= 11 is 12.2. The Kier molecular flexibility index (Phi) is 7.46. The number of methoxy groups -OCH3 is 1. The first-order chi connectivity index (χ1) is 18.4. The van der Waals surface area contributed by atoms with E-state index < -0.39 is 0 Å². The van der Waals surface area contributed by atoms with Crippen molar-refractivity contribution in [1.82, 2.24) is 14.9 Å². The number of thiocarbonyl (C=S) groups is 1. The second-order valence-corrected chi connectivity index (χ2v) is 9.99. The topological polar surface area (TPSA) is 71.4 Å². The van der Waals surface area contributed by atoms with Crippen LogP contribution in [0.5, 0.6) is 0 Å². The molecule has 1 aliphatic rings. The van der Waals surface area contributed by atoms with Crippen molar-refractivity contribution in [1.29, 1.82) is 0 Å². The lowest BCUT2D eigenvalue weighted by molar-refractivity contribution is -0.119. The number of carbonyl (C=O) groups is 1. The quantitative estimate of drug-likeness (QED) is 0.282. The van der Waals surface area contributed by atoms with Crippen molar-refractivity contribution in [3.05, 3.63) is 107 Å². The number of halogens is 1. The Balaban J connectivity index is 1.58. The van der Waals surface area contributed by atoms with Crippen molar-refractivity contribution >= 4 is 46.2 Å². The summed E-state index contributed by atoms with van der Waals surface area (Å²) in [5, 5.41) is 7.64. The summed E-state index contributed by atoms with van der Waals surface area (Å²) in [6.07, 6.45) is 1.80. The number of benzene rings is 2. The molecule has 9 heteroatoms. The van der Waals surface area contributed by atoms with Gasteiger partial charge in [-0.3, -0.25) is 9.78 Å². The number of hydrogen-bond acceptors (Lipinski definition) is 4. The molecule has 1 amide bonds. The lowest BCUT2D eigenvalue weighted by atomic mass is 9.96. The van der Waals surface area contributed by atoms with E-state index in [9.17, 15) is 4.79 Å². The first-order valence-electron chi connectivity index (χ1n) is 12.2. The van der Waals surface area contributed by atoms with Gasteiger partial charge in [0.05, 0.1) is 17.8 Å². The second-order valence-electron chi connectivity index (χ2n) is 9.17. The normalized spacial score (nSPS) is 16.9. The molecule has 0 radical (unpaired) electrons. The number of hydrogen-bond donors (Lipinski definition) is 2. The zero-order chi connectivity index (χ0) is 26.8. The number of nitrogens with one attached hydrogen (secondary N) is 2. The molecule has 3 heterocycles. The smallest absolute Gasteiger partial charge is 0.250 e. The molecule has 2 aromatic heterocycles. The maximum atomic E-state index is 12.0. The first-order valence-corrected chi connectivity index (χ1v) is 13.0. The Hall–Kier alpha value is -3.72. The molecule has 0 unspecified atom stereocenters. The minimum atomic E-state index is -0.208. The number of aromatic nitrogens is 2. The SMILES string of the molecule is COCC(=O)Nc1ccc(N2C(=S)N[C@H](c3ccccn3)[C@@H]2c2cc(C)n(-c3cccc(Cl)c3)c2C)cc1. The van der Waals surface area contributed by atoms with E-state index in [1.54, 1.807) is 6.20 Å². The van der Waals surface area contributed by atoms with Gasteiger partial charge >= 0.3 is 0 Å². The molecule has 0 aliphatic carbocycles. The van der Waals surface area contributed by atoms with Gasteiger partial charge in [-0.1, -0.05) is 23.7 Å². The molecular weight excluding hydrogens is 518 g/mol. The van der Waals surface area contributed by atoms with Crippen molar-refractivity contribution in [2.24, 2.45) is 0 Å². The van der Waals surface area contributed by atoms with Crippen molar-refractivity contribution in [2.45, 2.75) is 25.9 Å². The number of aryl methyl sites for hydroxylation is 1. The van der Waals surface area contributed by atoms with Crippen LogP contribution in [-0.2, 0) is 9.53 Å². The molecule has 0 bridgehead atoms. The van der Waals surface area contributed by atoms with Crippen molar-refractivity contribution in [3.63, 3.8) is 0 Å². The molecule has 1 aliphatic heterocycles. The third-order valence-electron chi connectivity index (χ3n) is 6.66. The number of anilines is 2. The van der Waals surface area contributed by atoms with Gasteiger partial charge < -0.3 is 24.8 Å². The summed E-state index contributed by atoms with van der Waals surface area (Å²) in [7, 11) is 1.49. The average molecular weight is 546 g/mol. The molecule has 7 nitrogen and oxygen atoms in total. The highest BCUT2D eigenvalue weighted by atomic mass is 35.5. The van der Waals surface area contributed by atoms with E-state index in [1.165, 1.54) is 7.11 Å². The van der Waals surface area contributed by atoms with E-state index in [2.05, 4.69) is 51.1 Å². The highest BCUT2D eigenvalue weighted by Crippen LogP contribution is 2.44. The number of amides is 1. The van der Waals surface area contributed by atoms with E-state index in [0.717, 1.165) is 34.0 Å². The minimum absolute atomic E-state index is 0.00203. The van der Waals surface area contributed by atoms with Crippen LogP contribution in [0.1, 0.15) is 34.7 Å². The van der Waals surface area contributed by atoms with Crippen molar-refractivity contribution in [3.8, 4) is 5.69 Å². The van der Waals surface area contributed by atoms with Gasteiger partial charge in [0.15, 0.2) is 5.11 Å². The first kappa shape index (κ1) is 25.9. The van der Waals surface area contributed by atoms with Crippen LogP contribution >= 0.6 is 23.8 Å². The molecule has 2 N–H and O–H groups in total. The van der Waals surface area contributed by atoms with Gasteiger partial charge in [-0.2, -0.15) is 0 Å². The average Bonchev–Trinajstić information content (AvgIpc) is 3.40. The summed E-state index contributed by atoms with van der Waals surface area (Å²) in [5.41, 5.74) is 6.81. The molecule has 5 rings (SSSR count). The fourth-order valence-electron chi connectivity index (χ4n) is 5.08. The maximum Gasteiger partial charge on any atom is 0.250 e. The van der Waals surface area contributed by atoms with Gasteiger partial charge in [0.25, 0.3) is 0 Å². The van der Waals surface area contributed by atoms with E-state index in [1.807, 2.05) is 60.7 Å². The predicted molar refractivity (Wildman–Crippen MR) is 155 cm³/mol. The number of carbonyl (C=O) groups excluding carboxylic acids is 1. The van der Waals surface area contributed by atoms with Gasteiger partial charge in [0, 0.05) is 46.8 Å². The van der Waals surface area contributed by atoms with Gasteiger partial charge in [-0.15, -0.1) is 0 Å². The third kappa shape index (κ3) is 5.03. The minimum Gasteiger partial charge on any atom is -0.375 e. The van der Waals surface area contributed by atoms with Crippen LogP contribution in [0.2, 0.25) is 5.02 Å². The standard InChI is InChI=1S/C29H28ClN5O2S/c1-18-15-24(19(2)34(18)23-8-6-7-20(30)16-23)28-27(25-9-4-5-14-31-25)33-29(38)35(28)22-12-10-21(11-13-22)32-26(36)17-37-3/h4-16,27-28H,17H2,1-3H3,(H,32,36)(H,33,38)/t27-,28+/m1/s1. The van der Waals surface area contributed by atoms with E-state index in [0.29, 0.717) is 15.8 Å². The number of rotatable bonds is 7. The van der Waals surface area contributed by atoms with Crippen molar-refractivity contribution < 1.29 is 9.53 Å². The number of ether oxygens (including phenoxy) is 1. The van der Waals surface area contributed by atoms with Crippen molar-refractivity contribution in [2.75, 3.05) is 23.9 Å². The molecule has 1 saturated heterocycles. The Labute approximate surface area is 232 Å². The van der Waals surface area contributed by atoms with Crippen LogP contribution < -0.4 is 15.5 Å². The van der Waals surface area contributed by atoms with Crippen LogP contribution in [0.25, 0.3) is 5.69 Å². The zero-order valence-electron chi connectivity index (χ0n) is 21.3. The van der Waals surface area contributed by atoms with Crippen LogP contribution in [0.15, 0.2) is 79.0 Å². The predicted octanol–water partition coefficient (Wildman–Crippen LogP) is 5.90. The summed E-state index contributed by atoms with van der Waals surface area (Å²) in [4.78, 5) is 18.7. The summed E-state index contributed by atoms with van der Waals surface area (Å²) in [6.45, 7) is 4.21. The molecular formula is C29H28ClN5O2S. The monoisotopic (exact) mass is 545 g/mol. The fourth-order valence-corrected chi connectivity index (χ4v) is 5.61. The Morgan fingerprint density at radius 1 is 1.08 bits per heavy atom. The Bertz CT molecular complexity index is 1470. The lowest BCUT2D eigenvalue weighted by Crippen LogP contribution is -2.29. The van der Waals surface area contributed by atoms with Gasteiger partial charge in [-0.05, 0) is 92.3 Å². The third-order valence-corrected chi connectivity index (χ3v) is 7.21. The zero-order valence-corrected chi connectivity index (χ0v) is 22.9. The number of pyridine rings is 1. The summed E-state index contributed by atoms with van der Waals surface area (Å²) in [5.74, 6) is -0.208. The van der Waals surface area contributed by atoms with Crippen LogP contribution in [-0.4, -0.2) is 34.3 Å². The summed E-state index contributed by atoms with van der Waals surface area (Å²) in [6, 6.07) is 23.3. The van der Waals surface area contributed by atoms with Gasteiger partial charge in [0.2, 0.25) is 5.91 Å². The van der Waals surface area contributed by atoms with E-state index in [-0.39, 0.29) is 24.6 Å². The number of nitrogens with zero attached hydrogens (tertiary/aromatic N) is 3. The highest BCUT2D eigenvalue weighted by Gasteiger charge is 2.42. The Morgan fingerprint density at radius 3 is 2.55 bits per heavy atom. The second kappa shape index (κ2) is 10.9. The molecule has 38 heavy (non-hydrogen) atoms. The highest BCUT2D eigenvalue weighted by molar-refractivity contribution is 7.80. The fraction of sp³-hybridized carbons (Fsp3) is 0.207. The van der Waals surface area contributed by atoms with Gasteiger partial charge in [0.1, 0.15) is 6.61 Å².